The maximum Gasteiger partial charge on any atom is 0.308 e. The van der Waals surface area contributed by atoms with E-state index in [9.17, 15) is 14.7 Å². The van der Waals surface area contributed by atoms with E-state index in [1.54, 1.807) is 4.90 Å². The van der Waals surface area contributed by atoms with Crippen LogP contribution in [0.4, 0.5) is 0 Å². The third kappa shape index (κ3) is 3.32. The van der Waals surface area contributed by atoms with Crippen LogP contribution < -0.4 is 0 Å². The van der Waals surface area contributed by atoms with Gasteiger partial charge >= 0.3 is 5.97 Å². The first-order chi connectivity index (χ1) is 10.5. The second-order valence-corrected chi connectivity index (χ2v) is 6.38. The van der Waals surface area contributed by atoms with Gasteiger partial charge in [-0.1, -0.05) is 57.5 Å². The quantitative estimate of drug-likeness (QED) is 0.909. The van der Waals surface area contributed by atoms with E-state index < -0.39 is 11.9 Å². The van der Waals surface area contributed by atoms with Crippen LogP contribution in [0.2, 0.25) is 0 Å². The molecule has 4 heteroatoms. The number of carbonyl (C=O) groups is 2. The molecule has 1 saturated heterocycles. The van der Waals surface area contributed by atoms with Gasteiger partial charge in [0, 0.05) is 24.9 Å². The molecule has 1 aliphatic rings. The first-order valence-electron chi connectivity index (χ1n) is 8.02. The molecule has 1 aromatic carbocycles. The zero-order valence-electron chi connectivity index (χ0n) is 13.5. The van der Waals surface area contributed by atoms with Crippen molar-refractivity contribution in [3.8, 4) is 0 Å². The Balaban J connectivity index is 2.17. The molecule has 1 amide bonds. The molecule has 1 N–H and O–H groups in total. The van der Waals surface area contributed by atoms with E-state index >= 15 is 0 Å². The molecule has 0 saturated carbocycles. The summed E-state index contributed by atoms with van der Waals surface area (Å²) in [5.41, 5.74) is 1.00. The maximum absolute atomic E-state index is 12.6. The summed E-state index contributed by atoms with van der Waals surface area (Å²) in [4.78, 5) is 25.9. The van der Waals surface area contributed by atoms with Gasteiger partial charge in [0.05, 0.1) is 5.92 Å². The summed E-state index contributed by atoms with van der Waals surface area (Å²) in [5.74, 6) is -1.12. The zero-order valence-corrected chi connectivity index (χ0v) is 13.5. The summed E-state index contributed by atoms with van der Waals surface area (Å²) in [6, 6.07) is 9.66. The Hall–Kier alpha value is -1.84. The Labute approximate surface area is 132 Å². The largest absolute Gasteiger partial charge is 0.481 e. The molecule has 0 spiro atoms. The molecule has 1 aliphatic heterocycles. The van der Waals surface area contributed by atoms with Crippen molar-refractivity contribution in [2.24, 2.45) is 17.8 Å². The predicted octanol–water partition coefficient (Wildman–Crippen LogP) is 3.00. The van der Waals surface area contributed by atoms with Gasteiger partial charge in [0.1, 0.15) is 0 Å². The Morgan fingerprint density at radius 2 is 1.86 bits per heavy atom. The van der Waals surface area contributed by atoms with Crippen LogP contribution in [0.15, 0.2) is 30.3 Å². The number of carboxylic acid groups (broad SMARTS) is 1. The zero-order chi connectivity index (χ0) is 16.3. The standard InChI is InChI=1S/C18H25NO3/c1-4-12(2)13(3)17(20)19-10-15(16(11-19)18(21)22)14-8-6-5-7-9-14/h5-9,12-13,15-16H,4,10-11H2,1-3H3,(H,21,22). The number of hydrogen-bond acceptors (Lipinski definition) is 2. The highest BCUT2D eigenvalue weighted by molar-refractivity contribution is 5.81. The lowest BCUT2D eigenvalue weighted by atomic mass is 9.89. The smallest absolute Gasteiger partial charge is 0.308 e. The Morgan fingerprint density at radius 3 is 2.41 bits per heavy atom. The van der Waals surface area contributed by atoms with Crippen molar-refractivity contribution >= 4 is 11.9 Å². The molecule has 1 aromatic rings. The third-order valence-corrected chi connectivity index (χ3v) is 5.06. The van der Waals surface area contributed by atoms with E-state index in [0.29, 0.717) is 19.0 Å². The Morgan fingerprint density at radius 1 is 1.23 bits per heavy atom. The fraction of sp³-hybridized carbons (Fsp3) is 0.556. The van der Waals surface area contributed by atoms with Crippen molar-refractivity contribution in [2.45, 2.75) is 33.1 Å². The van der Waals surface area contributed by atoms with E-state index in [1.165, 1.54) is 0 Å². The van der Waals surface area contributed by atoms with Crippen molar-refractivity contribution in [3.05, 3.63) is 35.9 Å². The summed E-state index contributed by atoms with van der Waals surface area (Å²) < 4.78 is 0. The van der Waals surface area contributed by atoms with Gasteiger partial charge in [0.2, 0.25) is 5.91 Å². The monoisotopic (exact) mass is 303 g/mol. The lowest BCUT2D eigenvalue weighted by Crippen LogP contribution is -2.36. The van der Waals surface area contributed by atoms with Crippen LogP contribution in [0.5, 0.6) is 0 Å². The molecule has 2 rings (SSSR count). The molecule has 0 radical (unpaired) electrons. The first kappa shape index (κ1) is 16.5. The van der Waals surface area contributed by atoms with Crippen molar-refractivity contribution in [3.63, 3.8) is 0 Å². The van der Waals surface area contributed by atoms with Crippen LogP contribution >= 0.6 is 0 Å². The highest BCUT2D eigenvalue weighted by Gasteiger charge is 2.41. The molecule has 4 nitrogen and oxygen atoms in total. The molecule has 0 aliphatic carbocycles. The minimum atomic E-state index is -0.819. The number of carboxylic acids is 1. The van der Waals surface area contributed by atoms with Crippen molar-refractivity contribution < 1.29 is 14.7 Å². The van der Waals surface area contributed by atoms with E-state index in [2.05, 4.69) is 13.8 Å². The van der Waals surface area contributed by atoms with Gasteiger partial charge in [-0.3, -0.25) is 9.59 Å². The summed E-state index contributed by atoms with van der Waals surface area (Å²) in [6.45, 7) is 6.91. The maximum atomic E-state index is 12.6. The molecule has 0 bridgehead atoms. The van der Waals surface area contributed by atoms with Gasteiger partial charge in [0.15, 0.2) is 0 Å². The van der Waals surface area contributed by atoms with Gasteiger partial charge in [-0.15, -0.1) is 0 Å². The van der Waals surface area contributed by atoms with Crippen LogP contribution in [-0.2, 0) is 9.59 Å². The molecule has 1 heterocycles. The third-order valence-electron chi connectivity index (χ3n) is 5.06. The van der Waals surface area contributed by atoms with Gasteiger partial charge in [-0.05, 0) is 11.5 Å². The van der Waals surface area contributed by atoms with Gasteiger partial charge in [-0.25, -0.2) is 0 Å². The van der Waals surface area contributed by atoms with E-state index in [-0.39, 0.29) is 17.7 Å². The SMILES string of the molecule is CCC(C)C(C)C(=O)N1CC(C(=O)O)C(c2ccccc2)C1. The van der Waals surface area contributed by atoms with Crippen molar-refractivity contribution in [1.29, 1.82) is 0 Å². The molecular weight excluding hydrogens is 278 g/mol. The first-order valence-corrected chi connectivity index (χ1v) is 8.02. The number of hydrogen-bond donors (Lipinski definition) is 1. The van der Waals surface area contributed by atoms with Crippen LogP contribution in [0, 0.1) is 17.8 Å². The number of aliphatic carboxylic acids is 1. The van der Waals surface area contributed by atoms with Crippen molar-refractivity contribution in [1.82, 2.24) is 4.90 Å². The van der Waals surface area contributed by atoms with Crippen LogP contribution in [0.3, 0.4) is 0 Å². The lowest BCUT2D eigenvalue weighted by molar-refractivity contribution is -0.142. The molecule has 1 fully saturated rings. The van der Waals surface area contributed by atoms with Crippen molar-refractivity contribution in [2.75, 3.05) is 13.1 Å². The molecule has 120 valence electrons. The molecule has 22 heavy (non-hydrogen) atoms. The van der Waals surface area contributed by atoms with E-state index in [0.717, 1.165) is 12.0 Å². The second kappa shape index (κ2) is 6.95. The average molecular weight is 303 g/mol. The van der Waals surface area contributed by atoms with E-state index in [1.807, 2.05) is 37.3 Å². The van der Waals surface area contributed by atoms with Gasteiger partial charge in [0.25, 0.3) is 0 Å². The molecule has 0 aromatic heterocycles. The molecule has 4 atom stereocenters. The summed E-state index contributed by atoms with van der Waals surface area (Å²) in [7, 11) is 0. The highest BCUT2D eigenvalue weighted by atomic mass is 16.4. The normalized spacial score (nSPS) is 24.0. The Bertz CT molecular complexity index is 528. The fourth-order valence-electron chi connectivity index (χ4n) is 3.16. The number of amides is 1. The summed E-state index contributed by atoms with van der Waals surface area (Å²) in [6.07, 6.45) is 0.950. The van der Waals surface area contributed by atoms with Crippen LogP contribution in [0.1, 0.15) is 38.7 Å². The van der Waals surface area contributed by atoms with Crippen LogP contribution in [0.25, 0.3) is 0 Å². The number of benzene rings is 1. The predicted molar refractivity (Wildman–Crippen MR) is 85.5 cm³/mol. The average Bonchev–Trinajstić information content (AvgIpc) is 2.99. The minimum Gasteiger partial charge on any atom is -0.481 e. The number of likely N-dealkylation sites (tertiary alicyclic amines) is 1. The Kier molecular flexibility index (Phi) is 5.22. The van der Waals surface area contributed by atoms with Crippen LogP contribution in [-0.4, -0.2) is 35.0 Å². The summed E-state index contributed by atoms with van der Waals surface area (Å²) in [5, 5.41) is 9.50. The fourth-order valence-corrected chi connectivity index (χ4v) is 3.16. The van der Waals surface area contributed by atoms with E-state index in [4.69, 9.17) is 0 Å². The number of rotatable bonds is 5. The van der Waals surface area contributed by atoms with Gasteiger partial charge < -0.3 is 10.0 Å². The lowest BCUT2D eigenvalue weighted by Gasteiger charge is -2.24. The highest BCUT2D eigenvalue weighted by Crippen LogP contribution is 2.34. The number of carbonyl (C=O) groups excluding carboxylic acids is 1. The minimum absolute atomic E-state index is 0.0611. The van der Waals surface area contributed by atoms with Gasteiger partial charge in [-0.2, -0.15) is 0 Å². The number of nitrogens with zero attached hydrogens (tertiary/aromatic N) is 1. The second-order valence-electron chi connectivity index (χ2n) is 6.38. The molecular formula is C18H25NO3. The topological polar surface area (TPSA) is 57.6 Å². The molecule has 4 unspecified atom stereocenters. The summed E-state index contributed by atoms with van der Waals surface area (Å²) >= 11 is 0.